The fourth-order valence-corrected chi connectivity index (χ4v) is 3.01. The minimum absolute atomic E-state index is 0.0732. The van der Waals surface area contributed by atoms with Gasteiger partial charge in [0.15, 0.2) is 17.7 Å². The second kappa shape index (κ2) is 7.46. The van der Waals surface area contributed by atoms with E-state index in [4.69, 9.17) is 23.2 Å². The molecule has 27 heavy (non-hydrogen) atoms. The van der Waals surface area contributed by atoms with Gasteiger partial charge in [-0.25, -0.2) is 14.5 Å². The molecule has 140 valence electrons. The fourth-order valence-electron chi connectivity index (χ4n) is 2.67. The predicted molar refractivity (Wildman–Crippen MR) is 101 cm³/mol. The normalized spacial score (nSPS) is 12.1. The van der Waals surface area contributed by atoms with E-state index < -0.39 is 12.0 Å². The van der Waals surface area contributed by atoms with Crippen LogP contribution in [0.15, 0.2) is 36.4 Å². The molecule has 0 bridgehead atoms. The average Bonchev–Trinajstić information content (AvgIpc) is 3.04. The van der Waals surface area contributed by atoms with E-state index in [1.807, 2.05) is 0 Å². The van der Waals surface area contributed by atoms with Crippen LogP contribution >= 0.6 is 23.2 Å². The number of phenols is 2. The second-order valence-corrected chi connectivity index (χ2v) is 6.66. The minimum atomic E-state index is -1.10. The van der Waals surface area contributed by atoms with Crippen molar-refractivity contribution in [1.82, 2.24) is 14.8 Å². The summed E-state index contributed by atoms with van der Waals surface area (Å²) in [5, 5.41) is 34.9. The van der Waals surface area contributed by atoms with Crippen LogP contribution in [0.2, 0.25) is 10.0 Å². The van der Waals surface area contributed by atoms with E-state index in [2.05, 4.69) is 10.1 Å². The Labute approximate surface area is 164 Å². The molecule has 0 amide bonds. The number of hydrogen-bond acceptors (Lipinski definition) is 5. The summed E-state index contributed by atoms with van der Waals surface area (Å²) in [6.07, 6.45) is 0.230. The van der Waals surface area contributed by atoms with Crippen molar-refractivity contribution in [2.75, 3.05) is 0 Å². The summed E-state index contributed by atoms with van der Waals surface area (Å²) < 4.78 is 1.20. The van der Waals surface area contributed by atoms with Crippen LogP contribution in [-0.2, 0) is 4.79 Å². The van der Waals surface area contributed by atoms with Gasteiger partial charge in [-0.3, -0.25) is 0 Å². The molecule has 0 fully saturated rings. The third-order valence-electron chi connectivity index (χ3n) is 4.00. The first-order valence-corrected chi connectivity index (χ1v) is 8.74. The van der Waals surface area contributed by atoms with E-state index in [-0.39, 0.29) is 40.7 Å². The minimum Gasteiger partial charge on any atom is -0.507 e. The topological polar surface area (TPSA) is 108 Å². The molecule has 0 saturated heterocycles. The van der Waals surface area contributed by atoms with Crippen molar-refractivity contribution >= 4 is 29.2 Å². The predicted octanol–water partition coefficient (Wildman–Crippen LogP) is 4.37. The molecular weight excluding hydrogens is 393 g/mol. The van der Waals surface area contributed by atoms with Crippen molar-refractivity contribution in [2.24, 2.45) is 0 Å². The Morgan fingerprint density at radius 3 is 2.19 bits per heavy atom. The number of aromatic nitrogens is 3. The van der Waals surface area contributed by atoms with Crippen LogP contribution in [0.4, 0.5) is 0 Å². The Balaban J connectivity index is 2.28. The van der Waals surface area contributed by atoms with Crippen LogP contribution in [0.3, 0.4) is 0 Å². The van der Waals surface area contributed by atoms with Crippen LogP contribution < -0.4 is 0 Å². The van der Waals surface area contributed by atoms with Gasteiger partial charge in [0.1, 0.15) is 11.5 Å². The van der Waals surface area contributed by atoms with Crippen molar-refractivity contribution in [3.63, 3.8) is 0 Å². The number of carboxylic acids is 1. The molecule has 0 radical (unpaired) electrons. The Bertz CT molecular complexity index is 1020. The number of carbonyl (C=O) groups is 1. The SMILES string of the molecule is CCC(C(=O)O)n1nc(-c2cc(Cl)ccc2O)nc1-c1cc(Cl)ccc1O. The molecule has 1 aromatic heterocycles. The molecule has 1 atom stereocenters. The third-order valence-corrected chi connectivity index (χ3v) is 4.47. The van der Waals surface area contributed by atoms with Gasteiger partial charge in [-0.15, -0.1) is 5.10 Å². The van der Waals surface area contributed by atoms with Crippen molar-refractivity contribution in [1.29, 1.82) is 0 Å². The van der Waals surface area contributed by atoms with Crippen LogP contribution in [-0.4, -0.2) is 36.1 Å². The zero-order chi connectivity index (χ0) is 19.7. The van der Waals surface area contributed by atoms with Crippen molar-refractivity contribution in [2.45, 2.75) is 19.4 Å². The molecule has 0 spiro atoms. The van der Waals surface area contributed by atoms with Gasteiger partial charge in [0.25, 0.3) is 0 Å². The maximum Gasteiger partial charge on any atom is 0.328 e. The van der Waals surface area contributed by atoms with Crippen LogP contribution in [0.1, 0.15) is 19.4 Å². The highest BCUT2D eigenvalue weighted by Gasteiger charge is 2.26. The number of phenolic OH excluding ortho intramolecular Hbond substituents is 2. The third kappa shape index (κ3) is 3.70. The molecule has 3 N–H and O–H groups in total. The average molecular weight is 408 g/mol. The fraction of sp³-hybridized carbons (Fsp3) is 0.167. The first-order valence-electron chi connectivity index (χ1n) is 7.99. The molecule has 3 aromatic rings. The van der Waals surface area contributed by atoms with Gasteiger partial charge in [-0.05, 0) is 42.8 Å². The number of benzene rings is 2. The quantitative estimate of drug-likeness (QED) is 0.579. The molecule has 0 aliphatic rings. The van der Waals surface area contributed by atoms with E-state index in [9.17, 15) is 20.1 Å². The number of rotatable bonds is 5. The van der Waals surface area contributed by atoms with Gasteiger partial charge in [-0.1, -0.05) is 30.1 Å². The van der Waals surface area contributed by atoms with E-state index >= 15 is 0 Å². The largest absolute Gasteiger partial charge is 0.507 e. The van der Waals surface area contributed by atoms with Gasteiger partial charge in [0.2, 0.25) is 0 Å². The first-order chi connectivity index (χ1) is 12.8. The van der Waals surface area contributed by atoms with Gasteiger partial charge >= 0.3 is 5.97 Å². The van der Waals surface area contributed by atoms with Crippen LogP contribution in [0.25, 0.3) is 22.8 Å². The number of aromatic hydroxyl groups is 2. The lowest BCUT2D eigenvalue weighted by molar-refractivity contribution is -0.141. The Morgan fingerprint density at radius 2 is 1.63 bits per heavy atom. The van der Waals surface area contributed by atoms with Crippen molar-refractivity contribution in [3.8, 4) is 34.3 Å². The van der Waals surface area contributed by atoms with E-state index in [1.165, 1.54) is 41.1 Å². The smallest absolute Gasteiger partial charge is 0.328 e. The molecule has 0 aliphatic heterocycles. The highest BCUT2D eigenvalue weighted by Crippen LogP contribution is 2.36. The first kappa shape index (κ1) is 19.0. The van der Waals surface area contributed by atoms with Gasteiger partial charge in [0.05, 0.1) is 11.1 Å². The lowest BCUT2D eigenvalue weighted by Gasteiger charge is -2.13. The second-order valence-electron chi connectivity index (χ2n) is 5.79. The molecule has 3 rings (SSSR count). The summed E-state index contributed by atoms with van der Waals surface area (Å²) in [5.41, 5.74) is 0.465. The maximum atomic E-state index is 11.7. The summed E-state index contributed by atoms with van der Waals surface area (Å²) in [4.78, 5) is 16.0. The summed E-state index contributed by atoms with van der Waals surface area (Å²) in [6, 6.07) is 7.69. The van der Waals surface area contributed by atoms with Crippen molar-refractivity contribution < 1.29 is 20.1 Å². The Morgan fingerprint density at radius 1 is 1.07 bits per heavy atom. The van der Waals surface area contributed by atoms with E-state index in [0.717, 1.165) is 0 Å². The summed E-state index contributed by atoms with van der Waals surface area (Å²) in [7, 11) is 0. The number of nitrogens with zero attached hydrogens (tertiary/aromatic N) is 3. The maximum absolute atomic E-state index is 11.7. The molecule has 1 unspecified atom stereocenters. The Kier molecular flexibility index (Phi) is 5.25. The monoisotopic (exact) mass is 407 g/mol. The number of hydrogen-bond donors (Lipinski definition) is 3. The summed E-state index contributed by atoms with van der Waals surface area (Å²) in [5.74, 6) is -1.16. The van der Waals surface area contributed by atoms with Gasteiger partial charge < -0.3 is 15.3 Å². The van der Waals surface area contributed by atoms with Crippen molar-refractivity contribution in [3.05, 3.63) is 46.4 Å². The molecule has 2 aromatic carbocycles. The number of carboxylic acid groups (broad SMARTS) is 1. The van der Waals surface area contributed by atoms with Crippen LogP contribution in [0.5, 0.6) is 11.5 Å². The summed E-state index contributed by atoms with van der Waals surface area (Å²) >= 11 is 12.0. The molecule has 0 saturated carbocycles. The zero-order valence-corrected chi connectivity index (χ0v) is 15.6. The van der Waals surface area contributed by atoms with E-state index in [1.54, 1.807) is 6.92 Å². The Hall–Kier alpha value is -2.77. The lowest BCUT2D eigenvalue weighted by Crippen LogP contribution is -2.20. The van der Waals surface area contributed by atoms with Gasteiger partial charge in [0, 0.05) is 10.0 Å². The molecule has 0 aliphatic carbocycles. The van der Waals surface area contributed by atoms with E-state index in [0.29, 0.717) is 10.0 Å². The zero-order valence-electron chi connectivity index (χ0n) is 14.1. The lowest BCUT2D eigenvalue weighted by atomic mass is 10.1. The van der Waals surface area contributed by atoms with Crippen LogP contribution in [0, 0.1) is 0 Å². The highest BCUT2D eigenvalue weighted by atomic mass is 35.5. The highest BCUT2D eigenvalue weighted by molar-refractivity contribution is 6.31. The molecule has 9 heteroatoms. The summed E-state index contributed by atoms with van der Waals surface area (Å²) in [6.45, 7) is 1.69. The molecule has 1 heterocycles. The van der Waals surface area contributed by atoms with Gasteiger partial charge in [-0.2, -0.15) is 0 Å². The number of aliphatic carboxylic acids is 1. The molecular formula is C18H15Cl2N3O4. The number of halogens is 2. The standard InChI is InChI=1S/C18H15Cl2N3O4/c1-2-13(18(26)27)23-17(12-8-10(20)4-6-15(12)25)21-16(22-23)11-7-9(19)3-5-14(11)24/h3-8,13,24-25H,2H2,1H3,(H,26,27). The molecule has 7 nitrogen and oxygen atoms in total.